The second-order valence-electron chi connectivity index (χ2n) is 6.90. The molecule has 1 amide bonds. The molecule has 0 radical (unpaired) electrons. The van der Waals surface area contributed by atoms with Crippen LogP contribution in [-0.4, -0.2) is 45.8 Å². The average molecular weight is 377 g/mol. The minimum Gasteiger partial charge on any atom is -0.343 e. The minimum absolute atomic E-state index is 0.227. The number of piperazine rings is 1. The van der Waals surface area contributed by atoms with Crippen LogP contribution < -0.4 is 4.90 Å². The zero-order chi connectivity index (χ0) is 17.4. The maximum Gasteiger partial charge on any atom is 0.226 e. The van der Waals surface area contributed by atoms with Crippen molar-refractivity contribution in [2.24, 2.45) is 5.92 Å². The van der Waals surface area contributed by atoms with Crippen molar-refractivity contribution in [2.75, 3.05) is 24.5 Å². The highest BCUT2D eigenvalue weighted by Gasteiger charge is 2.37. The van der Waals surface area contributed by atoms with Gasteiger partial charge in [0.1, 0.15) is 5.82 Å². The van der Waals surface area contributed by atoms with E-state index in [0.29, 0.717) is 18.2 Å². The second kappa shape index (κ2) is 6.92. The first kappa shape index (κ1) is 16.8. The lowest BCUT2D eigenvalue weighted by molar-refractivity contribution is -0.134. The van der Waals surface area contributed by atoms with Crippen LogP contribution in [0.5, 0.6) is 0 Å². The largest absolute Gasteiger partial charge is 0.343 e. The van der Waals surface area contributed by atoms with Gasteiger partial charge in [-0.2, -0.15) is 4.37 Å². The zero-order valence-corrected chi connectivity index (χ0v) is 15.8. The number of nitrogens with zero attached hydrogens (tertiary/aromatic N) is 4. The molecular weight excluding hydrogens is 356 g/mol. The van der Waals surface area contributed by atoms with Gasteiger partial charge in [-0.1, -0.05) is 23.7 Å². The van der Waals surface area contributed by atoms with Gasteiger partial charge < -0.3 is 9.80 Å². The quantitative estimate of drug-likeness (QED) is 0.822. The van der Waals surface area contributed by atoms with Gasteiger partial charge in [-0.05, 0) is 37.5 Å². The Morgan fingerprint density at radius 3 is 2.72 bits per heavy atom. The molecule has 25 heavy (non-hydrogen) atoms. The van der Waals surface area contributed by atoms with Crippen molar-refractivity contribution in [1.29, 1.82) is 0 Å². The fourth-order valence-corrected chi connectivity index (χ4v) is 4.10. The molecule has 2 aromatic rings. The number of halogens is 1. The Morgan fingerprint density at radius 1 is 1.28 bits per heavy atom. The van der Waals surface area contributed by atoms with Gasteiger partial charge in [0.2, 0.25) is 11.0 Å². The fraction of sp³-hybridized carbons (Fsp3) is 0.500. The van der Waals surface area contributed by atoms with Crippen LogP contribution in [0.15, 0.2) is 24.3 Å². The first-order chi connectivity index (χ1) is 12.1. The number of benzene rings is 1. The van der Waals surface area contributed by atoms with E-state index in [2.05, 4.69) is 16.2 Å². The molecule has 2 heterocycles. The molecule has 7 heteroatoms. The highest BCUT2D eigenvalue weighted by Crippen LogP contribution is 2.32. The monoisotopic (exact) mass is 376 g/mol. The number of carbonyl (C=O) groups is 1. The summed E-state index contributed by atoms with van der Waals surface area (Å²) in [5.74, 6) is 1.47. The van der Waals surface area contributed by atoms with Crippen molar-refractivity contribution >= 4 is 34.2 Å². The predicted octanol–water partition coefficient (Wildman–Crippen LogP) is 3.23. The molecule has 0 bridgehead atoms. The molecule has 1 unspecified atom stereocenters. The number of anilines is 1. The minimum atomic E-state index is 0.227. The van der Waals surface area contributed by atoms with Crippen molar-refractivity contribution in [3.8, 4) is 0 Å². The van der Waals surface area contributed by atoms with Gasteiger partial charge in [0.25, 0.3) is 0 Å². The van der Waals surface area contributed by atoms with E-state index in [4.69, 9.17) is 16.6 Å². The van der Waals surface area contributed by atoms with Gasteiger partial charge in [0.05, 0.1) is 0 Å². The van der Waals surface area contributed by atoms with Gasteiger partial charge in [-0.25, -0.2) is 4.98 Å². The maximum atomic E-state index is 12.3. The first-order valence-corrected chi connectivity index (χ1v) is 9.88. The van der Waals surface area contributed by atoms with Crippen molar-refractivity contribution < 1.29 is 4.79 Å². The van der Waals surface area contributed by atoms with Crippen LogP contribution in [0.1, 0.15) is 31.2 Å². The Hall–Kier alpha value is -1.66. The van der Waals surface area contributed by atoms with E-state index in [9.17, 15) is 4.79 Å². The van der Waals surface area contributed by atoms with Crippen molar-refractivity contribution in [3.05, 3.63) is 40.7 Å². The Kier molecular flexibility index (Phi) is 4.65. The smallest absolute Gasteiger partial charge is 0.226 e. The molecule has 1 aliphatic carbocycles. The van der Waals surface area contributed by atoms with Crippen LogP contribution >= 0.6 is 23.1 Å². The van der Waals surface area contributed by atoms with E-state index < -0.39 is 0 Å². The molecule has 0 spiro atoms. The van der Waals surface area contributed by atoms with Crippen LogP contribution in [0.2, 0.25) is 5.02 Å². The van der Waals surface area contributed by atoms with E-state index in [1.54, 1.807) is 0 Å². The van der Waals surface area contributed by atoms with Crippen LogP contribution in [0, 0.1) is 5.92 Å². The number of amides is 1. The highest BCUT2D eigenvalue weighted by molar-refractivity contribution is 7.09. The molecule has 0 N–H and O–H groups in total. The molecule has 1 saturated carbocycles. The molecule has 1 aromatic carbocycles. The van der Waals surface area contributed by atoms with Crippen LogP contribution in [0.4, 0.5) is 5.13 Å². The predicted molar refractivity (Wildman–Crippen MR) is 100 cm³/mol. The van der Waals surface area contributed by atoms with Crippen molar-refractivity contribution in [3.63, 3.8) is 0 Å². The third kappa shape index (κ3) is 3.80. The van der Waals surface area contributed by atoms with E-state index in [1.807, 2.05) is 29.2 Å². The Morgan fingerprint density at radius 2 is 2.04 bits per heavy atom. The average Bonchev–Trinajstić information content (AvgIpc) is 3.36. The van der Waals surface area contributed by atoms with E-state index in [1.165, 1.54) is 11.5 Å². The molecule has 4 rings (SSSR count). The fourth-order valence-electron chi connectivity index (χ4n) is 3.25. The lowest BCUT2D eigenvalue weighted by Crippen LogP contribution is -2.54. The molecule has 1 saturated heterocycles. The topological polar surface area (TPSA) is 49.3 Å². The lowest BCUT2D eigenvalue weighted by Gasteiger charge is -2.39. The Balaban J connectivity index is 1.39. The number of aromatic nitrogens is 2. The maximum absolute atomic E-state index is 12.3. The summed E-state index contributed by atoms with van der Waals surface area (Å²) in [5, 5.41) is 1.69. The SMILES string of the molecule is CC1CN(c2nc(Cc3ccc(Cl)cc3)ns2)CCN1C(=O)C1CC1. The number of hydrogen-bond donors (Lipinski definition) is 0. The first-order valence-electron chi connectivity index (χ1n) is 8.72. The third-order valence-electron chi connectivity index (χ3n) is 4.84. The number of rotatable bonds is 4. The molecule has 132 valence electrons. The second-order valence-corrected chi connectivity index (χ2v) is 8.06. The van der Waals surface area contributed by atoms with Gasteiger partial charge >= 0.3 is 0 Å². The summed E-state index contributed by atoms with van der Waals surface area (Å²) >= 11 is 7.37. The third-order valence-corrected chi connectivity index (χ3v) is 5.91. The standard InChI is InChI=1S/C18H21ClN4OS/c1-12-11-22(8-9-23(12)17(24)14-4-5-14)18-20-16(21-25-18)10-13-2-6-15(19)7-3-13/h2-3,6-7,12,14H,4-5,8-11H2,1H3. The van der Waals surface area contributed by atoms with E-state index in [0.717, 1.165) is 54.0 Å². The molecule has 5 nitrogen and oxygen atoms in total. The molecule has 1 aromatic heterocycles. The number of carbonyl (C=O) groups excluding carboxylic acids is 1. The van der Waals surface area contributed by atoms with Crippen LogP contribution in [0.3, 0.4) is 0 Å². The van der Waals surface area contributed by atoms with Crippen molar-refractivity contribution in [1.82, 2.24) is 14.3 Å². The Labute approximate surface area is 156 Å². The van der Waals surface area contributed by atoms with Crippen molar-refractivity contribution in [2.45, 2.75) is 32.2 Å². The Bertz CT molecular complexity index is 759. The van der Waals surface area contributed by atoms with Gasteiger partial charge in [0, 0.05) is 54.6 Å². The lowest BCUT2D eigenvalue weighted by atomic mass is 10.1. The summed E-state index contributed by atoms with van der Waals surface area (Å²) in [4.78, 5) is 21.3. The molecular formula is C18H21ClN4OS. The highest BCUT2D eigenvalue weighted by atomic mass is 35.5. The molecule has 1 aliphatic heterocycles. The summed E-state index contributed by atoms with van der Waals surface area (Å²) in [5.41, 5.74) is 1.15. The summed E-state index contributed by atoms with van der Waals surface area (Å²) in [6, 6.07) is 8.02. The molecule has 2 fully saturated rings. The zero-order valence-electron chi connectivity index (χ0n) is 14.2. The number of hydrogen-bond acceptors (Lipinski definition) is 5. The summed E-state index contributed by atoms with van der Waals surface area (Å²) in [6.45, 7) is 4.57. The van der Waals surface area contributed by atoms with E-state index in [-0.39, 0.29) is 6.04 Å². The van der Waals surface area contributed by atoms with Crippen LogP contribution in [-0.2, 0) is 11.2 Å². The summed E-state index contributed by atoms with van der Waals surface area (Å²) in [7, 11) is 0. The van der Waals surface area contributed by atoms with Crippen LogP contribution in [0.25, 0.3) is 0 Å². The molecule has 1 atom stereocenters. The van der Waals surface area contributed by atoms with Gasteiger partial charge in [0.15, 0.2) is 0 Å². The van der Waals surface area contributed by atoms with E-state index >= 15 is 0 Å². The molecule has 2 aliphatic rings. The normalized spacial score (nSPS) is 20.8. The van der Waals surface area contributed by atoms with Gasteiger partial charge in [-0.3, -0.25) is 4.79 Å². The summed E-state index contributed by atoms with van der Waals surface area (Å²) in [6.07, 6.45) is 2.84. The van der Waals surface area contributed by atoms with Gasteiger partial charge in [-0.15, -0.1) is 0 Å². The summed E-state index contributed by atoms with van der Waals surface area (Å²) < 4.78 is 4.50.